The van der Waals surface area contributed by atoms with E-state index in [4.69, 9.17) is 0 Å². The molecule has 1 amide bonds. The minimum atomic E-state index is -4.92. The minimum Gasteiger partial charge on any atom is -0.380 e. The Morgan fingerprint density at radius 3 is 2.59 bits per heavy atom. The standard InChI is InChI=1S/C21H22F4N2O2/c1-12-4-5-14(22)7-16(12)19(2,3)11-20(29,21(23,24)25)9-15-6-13-10-26-18(28)8-17(13)27-15/h4-8,10,13,27,29H,9,11H2,1-3H3. The Balaban J connectivity index is 1.90. The van der Waals surface area contributed by atoms with Crippen molar-refractivity contribution in [3.63, 3.8) is 0 Å². The SMILES string of the molecule is Cc1ccc(F)cc1C(C)(C)CC(O)(CC1=CC2C=NC(=O)C=C2N1)C(F)(F)F. The van der Waals surface area contributed by atoms with Crippen LogP contribution in [0.15, 0.2) is 46.7 Å². The van der Waals surface area contributed by atoms with E-state index in [9.17, 15) is 27.5 Å². The molecule has 0 spiro atoms. The smallest absolute Gasteiger partial charge is 0.380 e. The first kappa shape index (κ1) is 21.2. The normalized spacial score (nSPS) is 21.2. The molecule has 0 saturated carbocycles. The number of alkyl halides is 3. The zero-order valence-electron chi connectivity index (χ0n) is 16.3. The average molecular weight is 410 g/mol. The molecule has 1 aromatic carbocycles. The number of aliphatic hydroxyl groups is 1. The van der Waals surface area contributed by atoms with Gasteiger partial charge in [0.1, 0.15) is 5.82 Å². The highest BCUT2D eigenvalue weighted by atomic mass is 19.4. The molecule has 0 aliphatic carbocycles. The van der Waals surface area contributed by atoms with Crippen LogP contribution in [0.2, 0.25) is 0 Å². The summed E-state index contributed by atoms with van der Waals surface area (Å²) in [7, 11) is 0. The van der Waals surface area contributed by atoms with Crippen LogP contribution in [0.5, 0.6) is 0 Å². The van der Waals surface area contributed by atoms with Crippen LogP contribution < -0.4 is 5.32 Å². The van der Waals surface area contributed by atoms with Gasteiger partial charge in [0.25, 0.3) is 5.91 Å². The predicted molar refractivity (Wildman–Crippen MR) is 101 cm³/mol. The molecule has 0 aromatic heterocycles. The summed E-state index contributed by atoms with van der Waals surface area (Å²) >= 11 is 0. The Morgan fingerprint density at radius 2 is 1.93 bits per heavy atom. The van der Waals surface area contributed by atoms with Crippen LogP contribution in [0.25, 0.3) is 0 Å². The van der Waals surface area contributed by atoms with Crippen molar-refractivity contribution in [2.24, 2.45) is 10.9 Å². The molecule has 156 valence electrons. The van der Waals surface area contributed by atoms with E-state index < -0.39 is 47.7 Å². The summed E-state index contributed by atoms with van der Waals surface area (Å²) in [5, 5.41) is 13.5. The van der Waals surface area contributed by atoms with Gasteiger partial charge in [-0.25, -0.2) is 9.38 Å². The number of fused-ring (bicyclic) bond motifs is 1. The molecule has 0 bridgehead atoms. The van der Waals surface area contributed by atoms with Crippen molar-refractivity contribution in [3.05, 3.63) is 58.7 Å². The van der Waals surface area contributed by atoms with Crippen LogP contribution in [0.4, 0.5) is 17.6 Å². The molecule has 4 nitrogen and oxygen atoms in total. The number of aliphatic imine (C=N–C) groups is 1. The molecule has 0 saturated heterocycles. The molecule has 2 atom stereocenters. The first-order chi connectivity index (χ1) is 13.3. The maximum atomic E-state index is 13.9. The van der Waals surface area contributed by atoms with Crippen molar-refractivity contribution in [3.8, 4) is 0 Å². The molecule has 8 heteroatoms. The van der Waals surface area contributed by atoms with Gasteiger partial charge in [-0.2, -0.15) is 13.2 Å². The Hall–Kier alpha value is -2.48. The van der Waals surface area contributed by atoms with E-state index in [2.05, 4.69) is 10.3 Å². The van der Waals surface area contributed by atoms with Gasteiger partial charge in [0.05, 0.1) is 5.92 Å². The Labute approximate surface area is 166 Å². The second-order valence-electron chi connectivity index (χ2n) is 8.28. The van der Waals surface area contributed by atoms with Crippen LogP contribution in [0, 0.1) is 18.7 Å². The fraction of sp³-hybridized carbons (Fsp3) is 0.429. The maximum absolute atomic E-state index is 13.9. The number of nitrogens with zero attached hydrogens (tertiary/aromatic N) is 1. The number of halogens is 4. The van der Waals surface area contributed by atoms with E-state index >= 15 is 0 Å². The minimum absolute atomic E-state index is 0.161. The zero-order valence-corrected chi connectivity index (χ0v) is 16.3. The topological polar surface area (TPSA) is 61.7 Å². The summed E-state index contributed by atoms with van der Waals surface area (Å²) in [6.45, 7) is 4.79. The lowest BCUT2D eigenvalue weighted by Crippen LogP contribution is -2.50. The third-order valence-corrected chi connectivity index (χ3v) is 5.36. The second-order valence-corrected chi connectivity index (χ2v) is 8.28. The number of benzene rings is 1. The molecular weight excluding hydrogens is 388 g/mol. The van der Waals surface area contributed by atoms with Crippen LogP contribution in [-0.2, 0) is 10.2 Å². The molecule has 29 heavy (non-hydrogen) atoms. The number of aryl methyl sites for hydroxylation is 1. The lowest BCUT2D eigenvalue weighted by molar-refractivity contribution is -0.266. The lowest BCUT2D eigenvalue weighted by atomic mass is 9.72. The number of nitrogens with one attached hydrogen (secondary N) is 1. The Kier molecular flexibility index (Phi) is 5.19. The van der Waals surface area contributed by atoms with E-state index in [0.717, 1.165) is 0 Å². The van der Waals surface area contributed by atoms with Crippen LogP contribution in [0.1, 0.15) is 37.8 Å². The van der Waals surface area contributed by atoms with Gasteiger partial charge in [0, 0.05) is 30.1 Å². The van der Waals surface area contributed by atoms with Crippen molar-refractivity contribution >= 4 is 12.1 Å². The van der Waals surface area contributed by atoms with E-state index in [1.54, 1.807) is 20.8 Å². The third-order valence-electron chi connectivity index (χ3n) is 5.36. The van der Waals surface area contributed by atoms with Crippen molar-refractivity contribution in [1.29, 1.82) is 0 Å². The van der Waals surface area contributed by atoms with Crippen molar-refractivity contribution in [2.45, 2.75) is 50.8 Å². The fourth-order valence-electron chi connectivity index (χ4n) is 4.03. The summed E-state index contributed by atoms with van der Waals surface area (Å²) in [6.07, 6.45) is -2.21. The number of carbonyl (C=O) groups excluding carboxylic acids is 1. The lowest BCUT2D eigenvalue weighted by Gasteiger charge is -2.39. The molecule has 0 radical (unpaired) electrons. The fourth-order valence-corrected chi connectivity index (χ4v) is 4.03. The van der Waals surface area contributed by atoms with Crippen LogP contribution in [-0.4, -0.2) is 29.0 Å². The second kappa shape index (κ2) is 7.09. The predicted octanol–water partition coefficient (Wildman–Crippen LogP) is 4.08. The molecule has 1 aromatic rings. The molecule has 2 aliphatic rings. The number of dihydropyridines is 1. The first-order valence-electron chi connectivity index (χ1n) is 9.14. The van der Waals surface area contributed by atoms with Gasteiger partial charge in [-0.05, 0) is 42.0 Å². The number of allylic oxidation sites excluding steroid dienone is 1. The zero-order chi connectivity index (χ0) is 21.6. The van der Waals surface area contributed by atoms with Gasteiger partial charge < -0.3 is 10.4 Å². The van der Waals surface area contributed by atoms with E-state index in [0.29, 0.717) is 16.8 Å². The number of rotatable bonds is 5. The summed E-state index contributed by atoms with van der Waals surface area (Å²) in [6, 6.07) is 3.96. The van der Waals surface area contributed by atoms with E-state index in [1.165, 1.54) is 36.6 Å². The highest BCUT2D eigenvalue weighted by Crippen LogP contribution is 2.45. The number of hydrogen-bond acceptors (Lipinski definition) is 3. The summed E-state index contributed by atoms with van der Waals surface area (Å²) < 4.78 is 55.5. The van der Waals surface area contributed by atoms with E-state index in [-0.39, 0.29) is 5.70 Å². The summed E-state index contributed by atoms with van der Waals surface area (Å²) in [5.41, 5.74) is -2.56. The molecular formula is C21H22F4N2O2. The van der Waals surface area contributed by atoms with Crippen molar-refractivity contribution in [2.75, 3.05) is 0 Å². The van der Waals surface area contributed by atoms with Gasteiger partial charge >= 0.3 is 6.18 Å². The molecule has 2 N–H and O–H groups in total. The number of hydrogen-bond donors (Lipinski definition) is 2. The van der Waals surface area contributed by atoms with Crippen molar-refractivity contribution in [1.82, 2.24) is 5.32 Å². The third kappa shape index (κ3) is 4.27. The monoisotopic (exact) mass is 410 g/mol. The maximum Gasteiger partial charge on any atom is 0.417 e. The molecule has 3 rings (SSSR count). The van der Waals surface area contributed by atoms with Gasteiger partial charge in [-0.3, -0.25) is 4.79 Å². The van der Waals surface area contributed by atoms with E-state index in [1.807, 2.05) is 0 Å². The van der Waals surface area contributed by atoms with Gasteiger partial charge in [0.15, 0.2) is 5.60 Å². The van der Waals surface area contributed by atoms with Gasteiger partial charge in [-0.1, -0.05) is 26.0 Å². The Morgan fingerprint density at radius 1 is 1.24 bits per heavy atom. The van der Waals surface area contributed by atoms with Crippen LogP contribution in [0.3, 0.4) is 0 Å². The van der Waals surface area contributed by atoms with Gasteiger partial charge in [0.2, 0.25) is 0 Å². The Bertz CT molecular complexity index is 931. The summed E-state index contributed by atoms with van der Waals surface area (Å²) in [4.78, 5) is 15.0. The highest BCUT2D eigenvalue weighted by Gasteiger charge is 2.56. The molecule has 2 unspecified atom stereocenters. The van der Waals surface area contributed by atoms with Crippen LogP contribution >= 0.6 is 0 Å². The first-order valence-corrected chi connectivity index (χ1v) is 9.14. The molecule has 0 fully saturated rings. The van der Waals surface area contributed by atoms with Crippen molar-refractivity contribution < 1.29 is 27.5 Å². The number of amides is 1. The quantitative estimate of drug-likeness (QED) is 0.719. The van der Waals surface area contributed by atoms with Gasteiger partial charge in [-0.15, -0.1) is 0 Å². The average Bonchev–Trinajstić information content (AvgIpc) is 2.96. The molecule has 2 aliphatic heterocycles. The molecule has 2 heterocycles. The highest BCUT2D eigenvalue weighted by molar-refractivity contribution is 5.99. The number of carbonyl (C=O) groups is 1. The summed E-state index contributed by atoms with van der Waals surface area (Å²) in [5.74, 6) is -1.46. The largest absolute Gasteiger partial charge is 0.417 e.